The summed E-state index contributed by atoms with van der Waals surface area (Å²) in [5.74, 6) is 1.84. The lowest BCUT2D eigenvalue weighted by Gasteiger charge is -2.34. The number of carbonyl (C=O) groups excluding carboxylic acids is 1. The van der Waals surface area contributed by atoms with Gasteiger partial charge in [-0.3, -0.25) is 10.1 Å². The van der Waals surface area contributed by atoms with E-state index in [9.17, 15) is 4.79 Å². The molecule has 1 amide bonds. The fraction of sp³-hybridized carbons (Fsp3) is 0.933. The highest BCUT2D eigenvalue weighted by Gasteiger charge is 2.47. The first-order valence-electron chi connectivity index (χ1n) is 7.80. The Kier molecular flexibility index (Phi) is 3.35. The van der Waals surface area contributed by atoms with Crippen molar-refractivity contribution in [3.8, 4) is 0 Å². The van der Waals surface area contributed by atoms with Crippen molar-refractivity contribution in [1.82, 2.24) is 10.2 Å². The highest BCUT2D eigenvalue weighted by molar-refractivity contribution is 5.84. The van der Waals surface area contributed by atoms with E-state index in [4.69, 9.17) is 0 Å². The molecule has 3 fully saturated rings. The maximum atomic E-state index is 12.5. The van der Waals surface area contributed by atoms with E-state index in [1.807, 2.05) is 0 Å². The van der Waals surface area contributed by atoms with Crippen LogP contribution in [-0.2, 0) is 4.79 Å². The summed E-state index contributed by atoms with van der Waals surface area (Å²) in [4.78, 5) is 14.8. The van der Waals surface area contributed by atoms with E-state index in [1.165, 1.54) is 38.5 Å². The van der Waals surface area contributed by atoms with Crippen molar-refractivity contribution in [2.24, 2.45) is 11.8 Å². The van der Waals surface area contributed by atoms with Gasteiger partial charge < -0.3 is 4.90 Å². The van der Waals surface area contributed by atoms with E-state index < -0.39 is 0 Å². The van der Waals surface area contributed by atoms with Crippen LogP contribution >= 0.6 is 0 Å². The summed E-state index contributed by atoms with van der Waals surface area (Å²) in [5.41, 5.74) is 0. The molecular weight excluding hydrogens is 224 g/mol. The van der Waals surface area contributed by atoms with Gasteiger partial charge in [0.1, 0.15) is 0 Å². The molecule has 3 unspecified atom stereocenters. The van der Waals surface area contributed by atoms with Gasteiger partial charge in [0.25, 0.3) is 0 Å². The average molecular weight is 250 g/mol. The molecular formula is C15H26N2O. The molecule has 3 rings (SSSR count). The molecule has 2 aliphatic carbocycles. The third-order valence-electron chi connectivity index (χ3n) is 5.22. The number of hydrogen-bond donors (Lipinski definition) is 1. The predicted molar refractivity (Wildman–Crippen MR) is 72.0 cm³/mol. The van der Waals surface area contributed by atoms with E-state index in [1.54, 1.807) is 0 Å². The first kappa shape index (κ1) is 12.5. The highest BCUT2D eigenvalue weighted by Crippen LogP contribution is 2.40. The number of hydrogen-bond acceptors (Lipinski definition) is 2. The van der Waals surface area contributed by atoms with E-state index in [-0.39, 0.29) is 6.04 Å². The lowest BCUT2D eigenvalue weighted by atomic mass is 10.0. The van der Waals surface area contributed by atoms with Crippen LogP contribution in [0, 0.1) is 11.8 Å². The molecule has 0 radical (unpaired) electrons. The second-order valence-corrected chi connectivity index (χ2v) is 6.44. The van der Waals surface area contributed by atoms with Crippen LogP contribution in [0.5, 0.6) is 0 Å². The lowest BCUT2D eigenvalue weighted by Crippen LogP contribution is -2.47. The second-order valence-electron chi connectivity index (χ2n) is 6.44. The number of nitrogens with zero attached hydrogens (tertiary/aromatic N) is 1. The third-order valence-corrected chi connectivity index (χ3v) is 5.22. The molecule has 1 heterocycles. The number of carbonyl (C=O) groups is 1. The van der Waals surface area contributed by atoms with Crippen molar-refractivity contribution in [3.05, 3.63) is 0 Å². The van der Waals surface area contributed by atoms with Gasteiger partial charge in [-0.2, -0.15) is 0 Å². The molecule has 1 N–H and O–H groups in total. The van der Waals surface area contributed by atoms with Gasteiger partial charge in [0.2, 0.25) is 5.91 Å². The monoisotopic (exact) mass is 250 g/mol. The maximum Gasteiger partial charge on any atom is 0.241 e. The van der Waals surface area contributed by atoms with Crippen molar-refractivity contribution >= 4 is 5.91 Å². The molecule has 102 valence electrons. The van der Waals surface area contributed by atoms with Crippen LogP contribution in [0.25, 0.3) is 0 Å². The predicted octanol–water partition coefficient (Wildman–Crippen LogP) is 2.51. The largest absolute Gasteiger partial charge is 0.323 e. The van der Waals surface area contributed by atoms with Crippen molar-refractivity contribution in [1.29, 1.82) is 0 Å². The zero-order valence-electron chi connectivity index (χ0n) is 11.7. The van der Waals surface area contributed by atoms with Crippen LogP contribution in [0.4, 0.5) is 0 Å². The van der Waals surface area contributed by atoms with Gasteiger partial charge in [0.15, 0.2) is 0 Å². The summed E-state index contributed by atoms with van der Waals surface area (Å²) in [7, 11) is 0. The van der Waals surface area contributed by atoms with Gasteiger partial charge in [0, 0.05) is 6.04 Å². The van der Waals surface area contributed by atoms with Crippen molar-refractivity contribution in [2.75, 3.05) is 0 Å². The lowest BCUT2D eigenvalue weighted by molar-refractivity contribution is -0.133. The Hall–Kier alpha value is -0.570. The molecule has 3 heteroatoms. The molecule has 0 spiro atoms. The van der Waals surface area contributed by atoms with Crippen LogP contribution in [-0.4, -0.2) is 29.1 Å². The van der Waals surface area contributed by atoms with Gasteiger partial charge in [0.05, 0.1) is 12.2 Å². The van der Waals surface area contributed by atoms with Crippen LogP contribution < -0.4 is 5.32 Å². The van der Waals surface area contributed by atoms with Crippen molar-refractivity contribution < 1.29 is 4.79 Å². The molecule has 18 heavy (non-hydrogen) atoms. The standard InChI is InChI=1S/C15H26N2O/c1-3-13-15(18)17(10(2)11-8-9-11)14(16-13)12-6-4-5-7-12/h10-14,16H,3-9H2,1-2H3. The summed E-state index contributed by atoms with van der Waals surface area (Å²) in [5, 5.41) is 3.62. The zero-order chi connectivity index (χ0) is 12.7. The topological polar surface area (TPSA) is 32.3 Å². The van der Waals surface area contributed by atoms with Gasteiger partial charge in [-0.1, -0.05) is 19.8 Å². The van der Waals surface area contributed by atoms with Crippen LogP contribution in [0.1, 0.15) is 58.8 Å². The average Bonchev–Trinajstić information content (AvgIpc) is 2.97. The molecule has 1 saturated heterocycles. The first-order chi connectivity index (χ1) is 8.72. The Morgan fingerprint density at radius 2 is 1.94 bits per heavy atom. The summed E-state index contributed by atoms with van der Waals surface area (Å²) >= 11 is 0. The van der Waals surface area contributed by atoms with Crippen molar-refractivity contribution in [3.63, 3.8) is 0 Å². The number of amides is 1. The minimum absolute atomic E-state index is 0.0804. The molecule has 3 aliphatic rings. The van der Waals surface area contributed by atoms with Gasteiger partial charge in [-0.15, -0.1) is 0 Å². The Bertz CT molecular complexity index is 320. The molecule has 1 aliphatic heterocycles. The maximum absolute atomic E-state index is 12.5. The van der Waals surface area contributed by atoms with E-state index in [0.717, 1.165) is 12.3 Å². The summed E-state index contributed by atoms with van der Waals surface area (Å²) in [6.07, 6.45) is 9.19. The fourth-order valence-electron chi connectivity index (χ4n) is 3.86. The van der Waals surface area contributed by atoms with Gasteiger partial charge in [-0.05, 0) is 50.9 Å². The normalized spacial score (nSPS) is 35.4. The molecule has 0 aromatic rings. The molecule has 0 aromatic carbocycles. The van der Waals surface area contributed by atoms with E-state index in [0.29, 0.717) is 24.0 Å². The number of rotatable bonds is 4. The third kappa shape index (κ3) is 2.07. The Morgan fingerprint density at radius 3 is 2.50 bits per heavy atom. The number of nitrogens with one attached hydrogen (secondary N) is 1. The summed E-state index contributed by atoms with van der Waals surface area (Å²) in [6, 6.07) is 0.531. The van der Waals surface area contributed by atoms with E-state index in [2.05, 4.69) is 24.1 Å². The van der Waals surface area contributed by atoms with Gasteiger partial charge >= 0.3 is 0 Å². The van der Waals surface area contributed by atoms with Crippen LogP contribution in [0.3, 0.4) is 0 Å². The molecule has 2 saturated carbocycles. The summed E-state index contributed by atoms with van der Waals surface area (Å²) in [6.45, 7) is 4.38. The summed E-state index contributed by atoms with van der Waals surface area (Å²) < 4.78 is 0. The minimum atomic E-state index is 0.0804. The highest BCUT2D eigenvalue weighted by atomic mass is 16.2. The Labute approximate surface area is 110 Å². The van der Waals surface area contributed by atoms with Gasteiger partial charge in [-0.25, -0.2) is 0 Å². The Balaban J connectivity index is 1.78. The zero-order valence-corrected chi connectivity index (χ0v) is 11.7. The van der Waals surface area contributed by atoms with Crippen molar-refractivity contribution in [2.45, 2.75) is 77.0 Å². The Morgan fingerprint density at radius 1 is 1.28 bits per heavy atom. The SMILES string of the molecule is CCC1NC(C2CCCC2)N(C(C)C2CC2)C1=O. The molecule has 0 aromatic heterocycles. The van der Waals surface area contributed by atoms with Crippen LogP contribution in [0.15, 0.2) is 0 Å². The smallest absolute Gasteiger partial charge is 0.241 e. The van der Waals surface area contributed by atoms with E-state index >= 15 is 0 Å². The molecule has 3 atom stereocenters. The minimum Gasteiger partial charge on any atom is -0.323 e. The first-order valence-corrected chi connectivity index (χ1v) is 7.80. The quantitative estimate of drug-likeness (QED) is 0.831. The van der Waals surface area contributed by atoms with Crippen LogP contribution in [0.2, 0.25) is 0 Å². The molecule has 3 nitrogen and oxygen atoms in total. The molecule has 0 bridgehead atoms. The fourth-order valence-corrected chi connectivity index (χ4v) is 3.86. The second kappa shape index (κ2) is 4.84.